The Bertz CT molecular complexity index is 472. The maximum Gasteiger partial charge on any atom is 0.317 e. The molecule has 1 aromatic carbocycles. The van der Waals surface area contributed by atoms with Crippen LogP contribution in [0.2, 0.25) is 0 Å². The van der Waals surface area contributed by atoms with Crippen molar-refractivity contribution in [2.75, 3.05) is 19.7 Å². The Morgan fingerprint density at radius 1 is 1.23 bits per heavy atom. The average Bonchev–Trinajstić information content (AvgIpc) is 2.40. The molecular weight excluding hydrogens is 276 g/mol. The predicted molar refractivity (Wildman–Crippen MR) is 91.6 cm³/mol. The summed E-state index contributed by atoms with van der Waals surface area (Å²) < 4.78 is 5.84. The number of nitrogens with zero attached hydrogens (tertiary/aromatic N) is 1. The van der Waals surface area contributed by atoms with E-state index in [-0.39, 0.29) is 11.6 Å². The number of ether oxygens (including phenoxy) is 1. The van der Waals surface area contributed by atoms with Gasteiger partial charge >= 0.3 is 6.03 Å². The van der Waals surface area contributed by atoms with Crippen molar-refractivity contribution >= 4 is 6.03 Å². The van der Waals surface area contributed by atoms with Gasteiger partial charge in [0.2, 0.25) is 0 Å². The molecule has 0 atom stereocenters. The second kappa shape index (κ2) is 8.06. The lowest BCUT2D eigenvalue weighted by Gasteiger charge is -2.34. The van der Waals surface area contributed by atoms with Crippen molar-refractivity contribution in [1.82, 2.24) is 10.2 Å². The van der Waals surface area contributed by atoms with Gasteiger partial charge in [-0.05, 0) is 59.1 Å². The molecule has 0 saturated carbocycles. The number of aryl methyl sites for hydroxylation is 2. The number of carbonyl (C=O) groups is 1. The smallest absolute Gasteiger partial charge is 0.317 e. The number of amides is 2. The van der Waals surface area contributed by atoms with E-state index in [1.165, 1.54) is 0 Å². The minimum atomic E-state index is -0.159. The van der Waals surface area contributed by atoms with Crippen LogP contribution in [0.15, 0.2) is 18.2 Å². The fourth-order valence-electron chi connectivity index (χ4n) is 2.49. The van der Waals surface area contributed by atoms with Crippen LogP contribution in [0.4, 0.5) is 4.79 Å². The fourth-order valence-corrected chi connectivity index (χ4v) is 2.49. The summed E-state index contributed by atoms with van der Waals surface area (Å²) in [5.41, 5.74) is 2.14. The van der Waals surface area contributed by atoms with Gasteiger partial charge in [0, 0.05) is 18.6 Å². The van der Waals surface area contributed by atoms with Crippen molar-refractivity contribution in [2.24, 2.45) is 0 Å². The molecule has 0 aromatic heterocycles. The molecule has 0 aliphatic carbocycles. The van der Waals surface area contributed by atoms with Gasteiger partial charge in [-0.2, -0.15) is 0 Å². The Morgan fingerprint density at radius 2 is 1.82 bits per heavy atom. The second-order valence-corrected chi connectivity index (χ2v) is 6.57. The van der Waals surface area contributed by atoms with Gasteiger partial charge in [-0.3, -0.25) is 0 Å². The minimum absolute atomic E-state index is 0.0120. The van der Waals surface area contributed by atoms with Crippen molar-refractivity contribution in [3.8, 4) is 5.75 Å². The largest absolute Gasteiger partial charge is 0.493 e. The predicted octanol–water partition coefficient (Wildman–Crippen LogP) is 3.90. The number of urea groups is 1. The minimum Gasteiger partial charge on any atom is -0.493 e. The molecule has 0 bridgehead atoms. The van der Waals surface area contributed by atoms with Gasteiger partial charge in [-0.25, -0.2) is 4.79 Å². The maximum atomic E-state index is 12.1. The van der Waals surface area contributed by atoms with Gasteiger partial charge in [0.25, 0.3) is 0 Å². The quantitative estimate of drug-likeness (QED) is 0.810. The molecule has 124 valence electrons. The molecule has 0 aliphatic rings. The summed E-state index contributed by atoms with van der Waals surface area (Å²) in [4.78, 5) is 14.0. The third-order valence-electron chi connectivity index (χ3n) is 3.62. The summed E-state index contributed by atoms with van der Waals surface area (Å²) >= 11 is 0. The SMILES string of the molecule is CCN(C(=O)NCCCOc1c(C)cccc1C)C(C)(C)C. The zero-order valence-corrected chi connectivity index (χ0v) is 14.8. The third kappa shape index (κ3) is 5.24. The molecule has 0 radical (unpaired) electrons. The molecule has 0 saturated heterocycles. The molecule has 0 aliphatic heterocycles. The van der Waals surface area contributed by atoms with Crippen molar-refractivity contribution < 1.29 is 9.53 Å². The highest BCUT2D eigenvalue weighted by molar-refractivity contribution is 5.74. The van der Waals surface area contributed by atoms with Crippen molar-refractivity contribution in [1.29, 1.82) is 0 Å². The lowest BCUT2D eigenvalue weighted by molar-refractivity contribution is 0.149. The van der Waals surface area contributed by atoms with E-state index in [0.717, 1.165) is 23.3 Å². The van der Waals surface area contributed by atoms with Gasteiger partial charge in [0.15, 0.2) is 0 Å². The monoisotopic (exact) mass is 306 g/mol. The zero-order valence-electron chi connectivity index (χ0n) is 14.8. The van der Waals surface area contributed by atoms with Crippen LogP contribution in [-0.4, -0.2) is 36.2 Å². The first-order valence-electron chi connectivity index (χ1n) is 8.02. The molecule has 1 rings (SSSR count). The topological polar surface area (TPSA) is 41.6 Å². The van der Waals surface area contributed by atoms with Gasteiger partial charge < -0.3 is 15.0 Å². The Hall–Kier alpha value is -1.71. The second-order valence-electron chi connectivity index (χ2n) is 6.57. The van der Waals surface area contributed by atoms with Crippen LogP contribution in [0.1, 0.15) is 45.2 Å². The number of para-hydroxylation sites is 1. The van der Waals surface area contributed by atoms with E-state index in [2.05, 4.69) is 5.32 Å². The zero-order chi connectivity index (χ0) is 16.8. The number of carbonyl (C=O) groups excluding carboxylic acids is 1. The van der Waals surface area contributed by atoms with Crippen LogP contribution in [0.5, 0.6) is 5.75 Å². The molecular formula is C18H30N2O2. The van der Waals surface area contributed by atoms with Gasteiger partial charge in [0.05, 0.1) is 6.61 Å². The van der Waals surface area contributed by atoms with E-state index in [1.54, 1.807) is 0 Å². The number of nitrogens with one attached hydrogen (secondary N) is 1. The number of rotatable bonds is 6. The fraction of sp³-hybridized carbons (Fsp3) is 0.611. The summed E-state index contributed by atoms with van der Waals surface area (Å²) in [5, 5.41) is 2.96. The third-order valence-corrected chi connectivity index (χ3v) is 3.62. The normalized spacial score (nSPS) is 11.2. The first-order valence-corrected chi connectivity index (χ1v) is 8.02. The van der Waals surface area contributed by atoms with E-state index < -0.39 is 0 Å². The van der Waals surface area contributed by atoms with Crippen LogP contribution in [0, 0.1) is 13.8 Å². The van der Waals surface area contributed by atoms with E-state index in [1.807, 2.05) is 64.6 Å². The van der Waals surface area contributed by atoms with Gasteiger partial charge in [-0.1, -0.05) is 18.2 Å². The van der Waals surface area contributed by atoms with Crippen LogP contribution in [0.25, 0.3) is 0 Å². The molecule has 0 heterocycles. The molecule has 4 heteroatoms. The molecule has 1 aromatic rings. The van der Waals surface area contributed by atoms with Crippen molar-refractivity contribution in [3.63, 3.8) is 0 Å². The van der Waals surface area contributed by atoms with E-state index >= 15 is 0 Å². The molecule has 0 unspecified atom stereocenters. The van der Waals surface area contributed by atoms with Crippen LogP contribution in [0.3, 0.4) is 0 Å². The first kappa shape index (κ1) is 18.3. The van der Waals surface area contributed by atoms with Gasteiger partial charge in [0.1, 0.15) is 5.75 Å². The maximum absolute atomic E-state index is 12.1. The number of hydrogen-bond donors (Lipinski definition) is 1. The van der Waals surface area contributed by atoms with E-state index in [0.29, 0.717) is 19.7 Å². The summed E-state index contributed by atoms with van der Waals surface area (Å²) in [5.74, 6) is 0.957. The Morgan fingerprint density at radius 3 is 2.32 bits per heavy atom. The molecule has 4 nitrogen and oxygen atoms in total. The van der Waals surface area contributed by atoms with Crippen LogP contribution < -0.4 is 10.1 Å². The van der Waals surface area contributed by atoms with Crippen molar-refractivity contribution in [2.45, 2.75) is 53.5 Å². The molecule has 1 N–H and O–H groups in total. The Kier molecular flexibility index (Phi) is 6.72. The molecule has 22 heavy (non-hydrogen) atoms. The number of hydrogen-bond acceptors (Lipinski definition) is 2. The van der Waals surface area contributed by atoms with E-state index in [4.69, 9.17) is 4.74 Å². The number of benzene rings is 1. The molecule has 0 fully saturated rings. The summed E-state index contributed by atoms with van der Waals surface area (Å²) in [6, 6.07) is 6.12. The molecule has 2 amide bonds. The highest BCUT2D eigenvalue weighted by atomic mass is 16.5. The summed E-state index contributed by atoms with van der Waals surface area (Å²) in [6.07, 6.45) is 0.793. The average molecular weight is 306 g/mol. The Labute approximate surface area is 134 Å². The van der Waals surface area contributed by atoms with Gasteiger partial charge in [-0.15, -0.1) is 0 Å². The first-order chi connectivity index (χ1) is 10.3. The lowest BCUT2D eigenvalue weighted by Crippen LogP contribution is -2.50. The van der Waals surface area contributed by atoms with Crippen LogP contribution >= 0.6 is 0 Å². The Balaban J connectivity index is 2.35. The van der Waals surface area contributed by atoms with Crippen molar-refractivity contribution in [3.05, 3.63) is 29.3 Å². The summed E-state index contributed by atoms with van der Waals surface area (Å²) in [7, 11) is 0. The highest BCUT2D eigenvalue weighted by Crippen LogP contribution is 2.22. The highest BCUT2D eigenvalue weighted by Gasteiger charge is 2.24. The summed E-state index contributed by atoms with van der Waals surface area (Å²) in [6.45, 7) is 14.1. The van der Waals surface area contributed by atoms with Crippen LogP contribution in [-0.2, 0) is 0 Å². The standard InChI is InChI=1S/C18H30N2O2/c1-7-20(18(4,5)6)17(21)19-12-9-13-22-16-14(2)10-8-11-15(16)3/h8,10-11H,7,9,12-13H2,1-6H3,(H,19,21). The molecule has 0 spiro atoms. The lowest BCUT2D eigenvalue weighted by atomic mass is 10.1. The van der Waals surface area contributed by atoms with E-state index in [9.17, 15) is 4.79 Å².